The summed E-state index contributed by atoms with van der Waals surface area (Å²) in [6.07, 6.45) is 6.49. The van der Waals surface area contributed by atoms with Crippen molar-refractivity contribution in [1.29, 1.82) is 0 Å². The summed E-state index contributed by atoms with van der Waals surface area (Å²) in [6, 6.07) is 9.66. The van der Waals surface area contributed by atoms with Crippen LogP contribution in [0.5, 0.6) is 0 Å². The zero-order valence-electron chi connectivity index (χ0n) is 16.9. The average Bonchev–Trinajstić information content (AvgIpc) is 3.21. The number of rotatable bonds is 7. The number of nitrogens with zero attached hydrogens (tertiary/aromatic N) is 1. The maximum absolute atomic E-state index is 13.1. The number of carbonyl (C=O) groups is 2. The average molecular weight is 387 g/mol. The van der Waals surface area contributed by atoms with Crippen molar-refractivity contribution in [3.05, 3.63) is 35.9 Å². The van der Waals surface area contributed by atoms with Gasteiger partial charge in [0.05, 0.1) is 6.04 Å². The van der Waals surface area contributed by atoms with E-state index < -0.39 is 0 Å². The summed E-state index contributed by atoms with van der Waals surface area (Å²) >= 11 is 0. The largest absolute Gasteiger partial charge is 0.354 e. The van der Waals surface area contributed by atoms with Gasteiger partial charge in [-0.05, 0) is 63.5 Å². The SMILES string of the molecule is CN[C@H](Cc1ccccc1)C(=O)N1CCC[C@H]1C(=O)NC[C@H]1CC[C@H](N)CC1. The maximum atomic E-state index is 13.1. The van der Waals surface area contributed by atoms with Gasteiger partial charge in [-0.1, -0.05) is 30.3 Å². The number of nitrogens with one attached hydrogen (secondary N) is 2. The van der Waals surface area contributed by atoms with E-state index in [1.807, 2.05) is 37.4 Å². The van der Waals surface area contributed by atoms with Gasteiger partial charge >= 0.3 is 0 Å². The zero-order valence-corrected chi connectivity index (χ0v) is 16.9. The normalized spacial score (nSPS) is 26.1. The third-order valence-electron chi connectivity index (χ3n) is 6.22. The van der Waals surface area contributed by atoms with E-state index in [0.717, 1.165) is 44.1 Å². The van der Waals surface area contributed by atoms with Crippen LogP contribution in [0.4, 0.5) is 0 Å². The van der Waals surface area contributed by atoms with Gasteiger partial charge in [0.15, 0.2) is 0 Å². The summed E-state index contributed by atoms with van der Waals surface area (Å²) in [5.74, 6) is 0.528. The van der Waals surface area contributed by atoms with Gasteiger partial charge < -0.3 is 21.3 Å². The fourth-order valence-electron chi connectivity index (χ4n) is 4.42. The molecule has 0 unspecified atom stereocenters. The number of likely N-dealkylation sites (tertiary alicyclic amines) is 1. The van der Waals surface area contributed by atoms with Crippen LogP contribution in [0, 0.1) is 5.92 Å². The van der Waals surface area contributed by atoms with Crippen molar-refractivity contribution < 1.29 is 9.59 Å². The number of likely N-dealkylation sites (N-methyl/N-ethyl adjacent to an activating group) is 1. The highest BCUT2D eigenvalue weighted by Gasteiger charge is 2.36. The minimum absolute atomic E-state index is 0.00436. The second kappa shape index (κ2) is 10.0. The third-order valence-corrected chi connectivity index (χ3v) is 6.22. The van der Waals surface area contributed by atoms with Crippen molar-refractivity contribution in [3.8, 4) is 0 Å². The first-order valence-corrected chi connectivity index (χ1v) is 10.6. The van der Waals surface area contributed by atoms with Crippen LogP contribution in [0.2, 0.25) is 0 Å². The van der Waals surface area contributed by atoms with E-state index in [0.29, 0.717) is 31.5 Å². The van der Waals surface area contributed by atoms with Gasteiger partial charge in [-0.25, -0.2) is 0 Å². The van der Waals surface area contributed by atoms with Gasteiger partial charge in [0.2, 0.25) is 11.8 Å². The monoisotopic (exact) mass is 386 g/mol. The van der Waals surface area contributed by atoms with Crippen LogP contribution in [0.15, 0.2) is 30.3 Å². The Morgan fingerprint density at radius 3 is 2.54 bits per heavy atom. The molecule has 0 aromatic heterocycles. The van der Waals surface area contributed by atoms with E-state index in [9.17, 15) is 9.59 Å². The molecule has 2 fully saturated rings. The number of hydrogen-bond acceptors (Lipinski definition) is 4. The van der Waals surface area contributed by atoms with E-state index in [4.69, 9.17) is 5.73 Å². The molecule has 2 atom stereocenters. The lowest BCUT2D eigenvalue weighted by molar-refractivity contribution is -0.140. The van der Waals surface area contributed by atoms with Crippen LogP contribution in [0.25, 0.3) is 0 Å². The molecular weight excluding hydrogens is 352 g/mol. The molecule has 0 bridgehead atoms. The lowest BCUT2D eigenvalue weighted by atomic mass is 9.86. The molecule has 0 radical (unpaired) electrons. The highest BCUT2D eigenvalue weighted by Crippen LogP contribution is 2.23. The van der Waals surface area contributed by atoms with Gasteiger partial charge in [-0.3, -0.25) is 9.59 Å². The topological polar surface area (TPSA) is 87.5 Å². The molecule has 0 spiro atoms. The molecule has 28 heavy (non-hydrogen) atoms. The van der Waals surface area contributed by atoms with Crippen molar-refractivity contribution in [1.82, 2.24) is 15.5 Å². The second-order valence-corrected chi connectivity index (χ2v) is 8.25. The van der Waals surface area contributed by atoms with E-state index in [2.05, 4.69) is 10.6 Å². The number of benzene rings is 1. The predicted molar refractivity (Wildman–Crippen MR) is 111 cm³/mol. The quantitative estimate of drug-likeness (QED) is 0.662. The molecule has 1 aromatic rings. The van der Waals surface area contributed by atoms with E-state index >= 15 is 0 Å². The molecule has 154 valence electrons. The number of hydrogen-bond donors (Lipinski definition) is 3. The van der Waals surface area contributed by atoms with Crippen LogP contribution in [-0.2, 0) is 16.0 Å². The highest BCUT2D eigenvalue weighted by molar-refractivity contribution is 5.90. The molecule has 1 saturated carbocycles. The van der Waals surface area contributed by atoms with E-state index in [-0.39, 0.29) is 23.9 Å². The molecule has 1 saturated heterocycles. The summed E-state index contributed by atoms with van der Waals surface area (Å²) in [4.78, 5) is 27.7. The number of amides is 2. The summed E-state index contributed by atoms with van der Waals surface area (Å²) in [7, 11) is 1.81. The maximum Gasteiger partial charge on any atom is 0.242 e. The Morgan fingerprint density at radius 2 is 1.86 bits per heavy atom. The Balaban J connectivity index is 1.54. The summed E-state index contributed by atoms with van der Waals surface area (Å²) in [6.45, 7) is 1.35. The molecule has 1 aliphatic heterocycles. The molecular formula is C22H34N4O2. The van der Waals surface area contributed by atoms with E-state index in [1.165, 1.54) is 0 Å². The van der Waals surface area contributed by atoms with Crippen LogP contribution in [0.1, 0.15) is 44.1 Å². The Kier molecular flexibility index (Phi) is 7.45. The van der Waals surface area contributed by atoms with Crippen molar-refractivity contribution in [2.45, 2.75) is 63.1 Å². The van der Waals surface area contributed by atoms with Gasteiger partial charge in [0, 0.05) is 19.1 Å². The Morgan fingerprint density at radius 1 is 1.14 bits per heavy atom. The minimum atomic E-state index is -0.343. The smallest absolute Gasteiger partial charge is 0.242 e. The first kappa shape index (κ1) is 20.8. The zero-order chi connectivity index (χ0) is 19.9. The Hall–Kier alpha value is -1.92. The summed E-state index contributed by atoms with van der Waals surface area (Å²) < 4.78 is 0. The van der Waals surface area contributed by atoms with Gasteiger partial charge in [-0.2, -0.15) is 0 Å². The van der Waals surface area contributed by atoms with Gasteiger partial charge in [0.1, 0.15) is 6.04 Å². The highest BCUT2D eigenvalue weighted by atomic mass is 16.2. The molecule has 6 heteroatoms. The Bertz CT molecular complexity index is 643. The van der Waals surface area contributed by atoms with Crippen LogP contribution in [0.3, 0.4) is 0 Å². The van der Waals surface area contributed by atoms with E-state index in [1.54, 1.807) is 4.90 Å². The number of nitrogens with two attached hydrogens (primary N) is 1. The molecule has 2 aliphatic rings. The summed E-state index contributed by atoms with van der Waals surface area (Å²) in [5.41, 5.74) is 7.08. The standard InChI is InChI=1S/C22H34N4O2/c1-24-19(14-16-6-3-2-4-7-16)22(28)26-13-5-8-20(26)21(27)25-15-17-9-11-18(23)12-10-17/h2-4,6-7,17-20,24H,5,8-15,23H2,1H3,(H,25,27)/t17-,18-,19-,20+/m1/s1. The van der Waals surface area contributed by atoms with Crippen molar-refractivity contribution >= 4 is 11.8 Å². The molecule has 1 heterocycles. The molecule has 1 aliphatic carbocycles. The second-order valence-electron chi connectivity index (χ2n) is 8.25. The lowest BCUT2D eigenvalue weighted by Crippen LogP contribution is -2.53. The van der Waals surface area contributed by atoms with Gasteiger partial charge in [0.25, 0.3) is 0 Å². The van der Waals surface area contributed by atoms with Crippen LogP contribution in [-0.4, -0.2) is 55.0 Å². The first-order valence-electron chi connectivity index (χ1n) is 10.6. The molecule has 6 nitrogen and oxygen atoms in total. The van der Waals surface area contributed by atoms with Crippen molar-refractivity contribution in [2.24, 2.45) is 11.7 Å². The first-order chi connectivity index (χ1) is 13.6. The fourth-order valence-corrected chi connectivity index (χ4v) is 4.42. The Labute approximate surface area is 168 Å². The van der Waals surface area contributed by atoms with Crippen LogP contribution >= 0.6 is 0 Å². The molecule has 3 rings (SSSR count). The number of carbonyl (C=O) groups excluding carboxylic acids is 2. The van der Waals surface area contributed by atoms with Crippen molar-refractivity contribution in [2.75, 3.05) is 20.1 Å². The van der Waals surface area contributed by atoms with Crippen molar-refractivity contribution in [3.63, 3.8) is 0 Å². The minimum Gasteiger partial charge on any atom is -0.354 e. The third kappa shape index (κ3) is 5.32. The predicted octanol–water partition coefficient (Wildman–Crippen LogP) is 1.44. The lowest BCUT2D eigenvalue weighted by Gasteiger charge is -2.30. The van der Waals surface area contributed by atoms with Gasteiger partial charge in [-0.15, -0.1) is 0 Å². The molecule has 1 aromatic carbocycles. The summed E-state index contributed by atoms with van der Waals surface area (Å²) in [5, 5.41) is 6.25. The molecule has 4 N–H and O–H groups in total. The van der Waals surface area contributed by atoms with Crippen LogP contribution < -0.4 is 16.4 Å². The fraction of sp³-hybridized carbons (Fsp3) is 0.636. The molecule has 2 amide bonds.